The lowest BCUT2D eigenvalue weighted by Crippen LogP contribution is -2.45. The van der Waals surface area contributed by atoms with Crippen LogP contribution in [-0.2, 0) is 17.9 Å². The van der Waals surface area contributed by atoms with E-state index >= 15 is 0 Å². The van der Waals surface area contributed by atoms with E-state index in [-0.39, 0.29) is 30.0 Å². The lowest BCUT2D eigenvalue weighted by atomic mass is 9.95. The number of benzene rings is 1. The van der Waals surface area contributed by atoms with Gasteiger partial charge in [-0.15, -0.1) is 0 Å². The molecule has 0 atom stereocenters. The van der Waals surface area contributed by atoms with Crippen molar-refractivity contribution in [2.75, 3.05) is 17.2 Å². The summed E-state index contributed by atoms with van der Waals surface area (Å²) >= 11 is 0. The molecule has 1 aromatic heterocycles. The number of anilines is 2. The normalized spacial score (nSPS) is 14.4. The first kappa shape index (κ1) is 22.7. The molecule has 8 nitrogen and oxygen atoms in total. The molecule has 0 aliphatic heterocycles. The van der Waals surface area contributed by atoms with Crippen LogP contribution in [0.5, 0.6) is 0 Å². The molecule has 0 bridgehead atoms. The number of rotatable bonds is 9. The molecule has 0 saturated heterocycles. The van der Waals surface area contributed by atoms with Crippen LogP contribution in [0, 0.1) is 0 Å². The van der Waals surface area contributed by atoms with Gasteiger partial charge in [-0.25, -0.2) is 4.79 Å². The molecular formula is C23H33N5O3. The van der Waals surface area contributed by atoms with Gasteiger partial charge in [0.05, 0.1) is 6.54 Å². The number of nitrogens with one attached hydrogen (secondary N) is 2. The van der Waals surface area contributed by atoms with E-state index in [0.29, 0.717) is 13.1 Å². The zero-order chi connectivity index (χ0) is 22.2. The highest BCUT2D eigenvalue weighted by Crippen LogP contribution is 2.21. The van der Waals surface area contributed by atoms with Gasteiger partial charge in [0.15, 0.2) is 0 Å². The topological polar surface area (TPSA) is 113 Å². The van der Waals surface area contributed by atoms with E-state index in [2.05, 4.69) is 10.3 Å². The maximum absolute atomic E-state index is 12.9. The van der Waals surface area contributed by atoms with Gasteiger partial charge in [-0.1, -0.05) is 62.9 Å². The van der Waals surface area contributed by atoms with Crippen molar-refractivity contribution in [1.29, 1.82) is 0 Å². The van der Waals surface area contributed by atoms with Crippen molar-refractivity contribution in [1.82, 2.24) is 14.9 Å². The zero-order valence-corrected chi connectivity index (χ0v) is 18.2. The maximum atomic E-state index is 12.9. The fraction of sp³-hybridized carbons (Fsp3) is 0.522. The number of unbranched alkanes of at least 4 members (excludes halogenated alkanes) is 1. The van der Waals surface area contributed by atoms with Gasteiger partial charge in [-0.05, 0) is 24.8 Å². The number of hydrogen-bond acceptors (Lipinski definition) is 5. The molecule has 1 aliphatic carbocycles. The Balaban J connectivity index is 1.91. The van der Waals surface area contributed by atoms with Crippen molar-refractivity contribution >= 4 is 17.4 Å². The molecule has 1 fully saturated rings. The van der Waals surface area contributed by atoms with E-state index in [4.69, 9.17) is 5.73 Å². The molecule has 3 rings (SSSR count). The number of aromatic amines is 1. The van der Waals surface area contributed by atoms with Crippen molar-refractivity contribution < 1.29 is 4.79 Å². The largest absolute Gasteiger partial charge is 0.383 e. The Bertz CT molecular complexity index is 977. The van der Waals surface area contributed by atoms with Crippen LogP contribution in [0.1, 0.15) is 57.4 Å². The highest BCUT2D eigenvalue weighted by Gasteiger charge is 2.23. The van der Waals surface area contributed by atoms with E-state index in [9.17, 15) is 14.4 Å². The van der Waals surface area contributed by atoms with Crippen LogP contribution in [-0.4, -0.2) is 28.0 Å². The lowest BCUT2D eigenvalue weighted by Gasteiger charge is -2.28. The van der Waals surface area contributed by atoms with Crippen LogP contribution in [0.25, 0.3) is 0 Å². The second-order valence-electron chi connectivity index (χ2n) is 8.24. The zero-order valence-electron chi connectivity index (χ0n) is 18.2. The van der Waals surface area contributed by atoms with E-state index in [1.54, 1.807) is 4.90 Å². The summed E-state index contributed by atoms with van der Waals surface area (Å²) in [5.74, 6) is -0.0449. The maximum Gasteiger partial charge on any atom is 0.330 e. The summed E-state index contributed by atoms with van der Waals surface area (Å²) in [5.41, 5.74) is 6.32. The molecule has 31 heavy (non-hydrogen) atoms. The van der Waals surface area contributed by atoms with Crippen molar-refractivity contribution in [2.45, 2.75) is 71.0 Å². The number of amides is 1. The fourth-order valence-electron chi connectivity index (χ4n) is 4.13. The molecule has 168 valence electrons. The first-order valence-electron chi connectivity index (χ1n) is 11.2. The third-order valence-corrected chi connectivity index (χ3v) is 5.79. The Kier molecular flexibility index (Phi) is 7.92. The molecule has 8 heteroatoms. The standard InChI is InChI=1S/C23H33N5O3/c1-2-3-14-28-21(24)20(22(30)26-23(28)31)27(15-17-10-6-4-7-11-17)16-19(29)25-18-12-8-5-9-13-18/h4,6-7,10-11,18H,2-3,5,8-9,12-16,24H2,1H3,(H,25,29)(H,26,30,31). The van der Waals surface area contributed by atoms with Crippen LogP contribution >= 0.6 is 0 Å². The van der Waals surface area contributed by atoms with E-state index in [1.165, 1.54) is 11.0 Å². The van der Waals surface area contributed by atoms with E-state index in [1.807, 2.05) is 37.3 Å². The first-order valence-corrected chi connectivity index (χ1v) is 11.2. The third-order valence-electron chi connectivity index (χ3n) is 5.79. The van der Waals surface area contributed by atoms with Crippen molar-refractivity contribution in [2.24, 2.45) is 0 Å². The van der Waals surface area contributed by atoms with Crippen LogP contribution in [0.15, 0.2) is 39.9 Å². The monoisotopic (exact) mass is 427 g/mol. The van der Waals surface area contributed by atoms with Gasteiger partial charge in [-0.3, -0.25) is 19.1 Å². The first-order chi connectivity index (χ1) is 15.0. The van der Waals surface area contributed by atoms with E-state index < -0.39 is 11.2 Å². The average molecular weight is 428 g/mol. The van der Waals surface area contributed by atoms with Crippen LogP contribution in [0.4, 0.5) is 11.5 Å². The van der Waals surface area contributed by atoms with E-state index in [0.717, 1.165) is 44.1 Å². The van der Waals surface area contributed by atoms with Crippen molar-refractivity contribution in [3.63, 3.8) is 0 Å². The second-order valence-corrected chi connectivity index (χ2v) is 8.24. The molecule has 0 radical (unpaired) electrons. The summed E-state index contributed by atoms with van der Waals surface area (Å²) in [4.78, 5) is 42.0. The van der Waals surface area contributed by atoms with Gasteiger partial charge >= 0.3 is 5.69 Å². The van der Waals surface area contributed by atoms with Crippen LogP contribution in [0.3, 0.4) is 0 Å². The average Bonchev–Trinajstić information content (AvgIpc) is 2.74. The summed E-state index contributed by atoms with van der Waals surface area (Å²) in [6.45, 7) is 2.76. The molecule has 2 aromatic rings. The Labute approximate surface area is 182 Å². The van der Waals surface area contributed by atoms with Gasteiger partial charge in [0.1, 0.15) is 11.5 Å². The minimum Gasteiger partial charge on any atom is -0.383 e. The van der Waals surface area contributed by atoms with Crippen LogP contribution in [0.2, 0.25) is 0 Å². The molecule has 1 saturated carbocycles. The Morgan fingerprint density at radius 1 is 1.19 bits per heavy atom. The molecular weight excluding hydrogens is 394 g/mol. The molecule has 0 unspecified atom stereocenters. The lowest BCUT2D eigenvalue weighted by molar-refractivity contribution is -0.120. The molecule has 1 aliphatic rings. The quantitative estimate of drug-likeness (QED) is 0.569. The Hall–Kier alpha value is -3.03. The van der Waals surface area contributed by atoms with Gasteiger partial charge < -0.3 is 16.0 Å². The third kappa shape index (κ3) is 5.99. The molecule has 1 amide bonds. The number of carbonyl (C=O) groups excluding carboxylic acids is 1. The number of nitrogens with zero attached hydrogens (tertiary/aromatic N) is 2. The number of carbonyl (C=O) groups is 1. The molecule has 1 aromatic carbocycles. The SMILES string of the molecule is CCCCn1c(N)c(N(CC(=O)NC2CCCCC2)Cc2ccccc2)c(=O)[nH]c1=O. The highest BCUT2D eigenvalue weighted by atomic mass is 16.2. The van der Waals surface area contributed by atoms with Crippen molar-refractivity contribution in [3.05, 3.63) is 56.7 Å². The van der Waals surface area contributed by atoms with Gasteiger partial charge in [0.2, 0.25) is 5.91 Å². The number of nitrogen functional groups attached to an aromatic ring is 1. The summed E-state index contributed by atoms with van der Waals surface area (Å²) < 4.78 is 1.39. The molecule has 4 N–H and O–H groups in total. The Morgan fingerprint density at radius 3 is 2.58 bits per heavy atom. The highest BCUT2D eigenvalue weighted by molar-refractivity contribution is 5.82. The number of hydrogen-bond donors (Lipinski definition) is 3. The summed E-state index contributed by atoms with van der Waals surface area (Å²) in [5, 5.41) is 3.10. The minimum absolute atomic E-state index is 0.00927. The molecule has 1 heterocycles. The summed E-state index contributed by atoms with van der Waals surface area (Å²) in [7, 11) is 0. The number of nitrogens with two attached hydrogens (primary N) is 1. The van der Waals surface area contributed by atoms with Crippen LogP contribution < -0.4 is 27.2 Å². The fourth-order valence-corrected chi connectivity index (χ4v) is 4.13. The smallest absolute Gasteiger partial charge is 0.330 e. The number of aromatic nitrogens is 2. The summed E-state index contributed by atoms with van der Waals surface area (Å²) in [6.07, 6.45) is 7.05. The summed E-state index contributed by atoms with van der Waals surface area (Å²) in [6, 6.07) is 9.77. The van der Waals surface area contributed by atoms with Crippen molar-refractivity contribution in [3.8, 4) is 0 Å². The number of H-pyrrole nitrogens is 1. The second kappa shape index (κ2) is 10.8. The van der Waals surface area contributed by atoms with Gasteiger partial charge in [-0.2, -0.15) is 0 Å². The predicted octanol–water partition coefficient (Wildman–Crippen LogP) is 2.37. The van der Waals surface area contributed by atoms with Gasteiger partial charge in [0, 0.05) is 19.1 Å². The molecule has 0 spiro atoms. The minimum atomic E-state index is -0.573. The Morgan fingerprint density at radius 2 is 1.90 bits per heavy atom. The predicted molar refractivity (Wildman–Crippen MR) is 123 cm³/mol. The van der Waals surface area contributed by atoms with Gasteiger partial charge in [0.25, 0.3) is 5.56 Å².